The van der Waals surface area contributed by atoms with Gasteiger partial charge in [-0.05, 0) is 113 Å². The van der Waals surface area contributed by atoms with Crippen molar-refractivity contribution in [3.05, 3.63) is 96.0 Å². The number of nitrogens with zero attached hydrogens (tertiary/aromatic N) is 7. The molecule has 15 amide bonds. The van der Waals surface area contributed by atoms with Crippen molar-refractivity contribution < 1.29 is 96.4 Å². The van der Waals surface area contributed by atoms with Crippen molar-refractivity contribution in [3.63, 3.8) is 0 Å². The van der Waals surface area contributed by atoms with Crippen LogP contribution >= 0.6 is 0 Å². The quantitative estimate of drug-likeness (QED) is 0.0120. The number of fused-ring (bicyclic) bond motifs is 2. The molecule has 7 rings (SSSR count). The highest BCUT2D eigenvalue weighted by atomic mass is 16.5. The Bertz CT molecular complexity index is 4740. The predicted octanol–water partition coefficient (Wildman–Crippen LogP) is -1.50. The summed E-state index contributed by atoms with van der Waals surface area (Å²) in [7, 11) is 3.37. The molecule has 0 spiro atoms. The van der Waals surface area contributed by atoms with Gasteiger partial charge in [-0.25, -0.2) is 10.1 Å². The van der Waals surface area contributed by atoms with E-state index in [-0.39, 0.29) is 134 Å². The number of imidazole rings is 1. The van der Waals surface area contributed by atoms with E-state index in [4.69, 9.17) is 26.4 Å². The Labute approximate surface area is 815 Å². The summed E-state index contributed by atoms with van der Waals surface area (Å²) in [4.78, 5) is 241. The second-order valence-corrected chi connectivity index (χ2v) is 35.7. The summed E-state index contributed by atoms with van der Waals surface area (Å²) in [5, 5.41) is 78.8. The molecular weight excluding hydrogens is 1810 g/mol. The van der Waals surface area contributed by atoms with Crippen molar-refractivity contribution in [1.29, 1.82) is 5.41 Å². The Balaban J connectivity index is 0.974. The van der Waals surface area contributed by atoms with Gasteiger partial charge in [0.1, 0.15) is 66.8 Å². The maximum absolute atomic E-state index is 15.4. The third-order valence-corrected chi connectivity index (χ3v) is 24.0. The first kappa shape index (κ1) is 114. The van der Waals surface area contributed by atoms with Gasteiger partial charge < -0.3 is 125 Å². The first-order valence-corrected chi connectivity index (χ1v) is 48.7. The largest absolute Gasteiger partial charge is 0.394 e. The normalized spacial score (nSPS) is 18.4. The van der Waals surface area contributed by atoms with E-state index in [1.54, 1.807) is 68.5 Å². The van der Waals surface area contributed by atoms with E-state index in [0.29, 0.717) is 30.4 Å². The van der Waals surface area contributed by atoms with E-state index in [9.17, 15) is 63.0 Å². The Kier molecular flexibility index (Phi) is 51.8. The summed E-state index contributed by atoms with van der Waals surface area (Å²) < 4.78 is 10.9. The van der Waals surface area contributed by atoms with E-state index in [0.717, 1.165) is 65.1 Å². The Morgan fingerprint density at radius 2 is 1.29 bits per heavy atom. The number of aromatic amines is 3. The molecule has 3 aromatic heterocycles. The Morgan fingerprint density at radius 3 is 1.96 bits per heavy atom. The molecule has 46 nitrogen and oxygen atoms in total. The average molecular weight is 1960 g/mol. The number of benzene rings is 2. The number of para-hydroxylation sites is 1. The number of nitrogens with two attached hydrogens (primary N) is 2. The minimum atomic E-state index is -1.75. The first-order valence-electron chi connectivity index (χ1n) is 48.7. The molecular formula is C94H146N26O20. The van der Waals surface area contributed by atoms with E-state index in [1.807, 2.05) is 18.2 Å². The van der Waals surface area contributed by atoms with Crippen LogP contribution in [0, 0.1) is 5.41 Å². The number of nitrogens with one attached hydrogen (secondary N) is 17. The van der Waals surface area contributed by atoms with Gasteiger partial charge in [0.15, 0.2) is 11.7 Å². The number of primary amides is 1. The molecule has 0 saturated carbocycles. The van der Waals surface area contributed by atoms with Gasteiger partial charge in [0.2, 0.25) is 88.6 Å². The lowest BCUT2D eigenvalue weighted by atomic mass is 10.0. The number of likely N-dealkylation sites (N-methyl/N-ethyl adjacent to an activating group) is 1. The monoisotopic (exact) mass is 1960 g/mol. The molecule has 772 valence electrons. The van der Waals surface area contributed by atoms with Gasteiger partial charge in [0.25, 0.3) is 0 Å². The van der Waals surface area contributed by atoms with Crippen LogP contribution in [-0.2, 0) is 112 Å². The summed E-state index contributed by atoms with van der Waals surface area (Å²) in [5.41, 5.74) is 13.3. The minimum Gasteiger partial charge on any atom is -0.394 e. The van der Waals surface area contributed by atoms with Crippen molar-refractivity contribution in [3.8, 4) is 0 Å². The van der Waals surface area contributed by atoms with Gasteiger partial charge in [-0.2, -0.15) is 0 Å². The number of guanidine groups is 1. The number of Topliss-reactive ketones (excluding diaryl/α,β-unsaturated/α-hetero) is 1. The standard InChI is InChI=1S/C94H146N26O20/c1-5-6-31-69(85(130)110-72-38-40-81(126)99-41-26-25-32-67(61(2)122)107-89(134)74(50-63-53-102-68-33-24-23-30-66(63)68)111-86(131)70(34-27-42-101-94(96)97)108-88(133)73(49-62-28-19-18-20-29-62)112-91(136)77-52-65(123)56-120(77)93(72)138)105-83(128)57-119(45-44-118(3)4)92(137)75(51-64-54-98-60-104-64)113-87(132)71(37-39-78(95)124)109-90(135)76(58-121)106-82(127)55-103-84(129)59-140-48-47-139-46-43-100-80(125)36-22-17-15-13-11-9-7-8-10-12-14-16-21-35-79-114-116-117-115-79/h18-20,23-24,28-30,33,53-54,60,65,67,69-77,102,121,123H,5-17,21-22,25-27,31-32,34-52,55-59H2,1-4H3,(H2,95,124)(H,98,104)(H,99,126)(H,100,125)(H,103,129)(H,105,128)(H,106,127)(H,107,134)(H,108,133)(H,109,135)(H,110,130)(H,111,131)(H,112,136)(H,113,132)(H4,96,97,101)(H,114,115,116,117)/t65-,67+,69+,70+,71+,72+,73-,74+,75+,76+,77+/m1/s1. The fourth-order valence-electron chi connectivity index (χ4n) is 16.2. The average Bonchev–Trinajstić information content (AvgIpc) is 1.67. The van der Waals surface area contributed by atoms with Gasteiger partial charge >= 0.3 is 0 Å². The molecule has 0 radical (unpaired) electrons. The molecule has 0 unspecified atom stereocenters. The number of carbonyl (C=O) groups excluding carboxylic acids is 16. The lowest BCUT2D eigenvalue weighted by Crippen LogP contribution is -2.60. The van der Waals surface area contributed by atoms with E-state index >= 15 is 24.0 Å². The van der Waals surface area contributed by atoms with Crippen LogP contribution in [0.25, 0.3) is 10.9 Å². The summed E-state index contributed by atoms with van der Waals surface area (Å²) in [5.74, 6) is -12.5. The van der Waals surface area contributed by atoms with Crippen LogP contribution in [0.3, 0.4) is 0 Å². The molecule has 5 aromatic rings. The number of tetrazole rings is 1. The zero-order chi connectivity index (χ0) is 102. The fourth-order valence-corrected chi connectivity index (χ4v) is 16.2. The van der Waals surface area contributed by atoms with Crippen LogP contribution in [0.4, 0.5) is 0 Å². The maximum Gasteiger partial charge on any atom is 0.246 e. The molecule has 2 aromatic carbocycles. The van der Waals surface area contributed by atoms with Crippen molar-refractivity contribution in [1.82, 2.24) is 119 Å². The number of hydrogen-bond donors (Lipinski definition) is 21. The van der Waals surface area contributed by atoms with Gasteiger partial charge in [0.05, 0.1) is 63.7 Å². The number of aromatic nitrogens is 7. The second-order valence-electron chi connectivity index (χ2n) is 35.7. The van der Waals surface area contributed by atoms with Crippen LogP contribution in [-0.4, -0.2) is 327 Å². The number of aliphatic hydroxyl groups is 2. The zero-order valence-corrected chi connectivity index (χ0v) is 80.9. The van der Waals surface area contributed by atoms with E-state index in [2.05, 4.69) is 105 Å². The smallest absolute Gasteiger partial charge is 0.246 e. The molecule has 2 fully saturated rings. The number of carbonyl (C=O) groups is 16. The van der Waals surface area contributed by atoms with Crippen molar-refractivity contribution in [2.75, 3.05) is 99.5 Å². The topological polar surface area (TPSA) is 673 Å². The van der Waals surface area contributed by atoms with Gasteiger partial charge in [-0.1, -0.05) is 139 Å². The number of rotatable bonds is 58. The van der Waals surface area contributed by atoms with Crippen LogP contribution in [0.1, 0.15) is 210 Å². The molecule has 0 aliphatic carbocycles. The Hall–Kier alpha value is -13.0. The second kappa shape index (κ2) is 63.6. The van der Waals surface area contributed by atoms with Crippen LogP contribution in [0.2, 0.25) is 0 Å². The third-order valence-electron chi connectivity index (χ3n) is 24.0. The van der Waals surface area contributed by atoms with E-state index < -0.39 is 214 Å². The summed E-state index contributed by atoms with van der Waals surface area (Å²) in [6, 6.07) is 0.659. The highest BCUT2D eigenvalue weighted by Gasteiger charge is 2.44. The Morgan fingerprint density at radius 1 is 0.636 bits per heavy atom. The van der Waals surface area contributed by atoms with Crippen molar-refractivity contribution >= 4 is 111 Å². The first-order chi connectivity index (χ1) is 67.4. The number of amides is 15. The molecule has 0 bridgehead atoms. The zero-order valence-electron chi connectivity index (χ0n) is 80.9. The summed E-state index contributed by atoms with van der Waals surface area (Å²) in [6.45, 7) is 0.216. The number of hydrogen-bond acceptors (Lipinski definition) is 26. The third kappa shape index (κ3) is 43.2. The molecule has 46 heteroatoms. The van der Waals surface area contributed by atoms with Crippen LogP contribution < -0.4 is 80.6 Å². The van der Waals surface area contributed by atoms with Gasteiger partial charge in [-0.3, -0.25) is 82.1 Å². The molecule has 2 saturated heterocycles. The number of ketones is 1. The molecule has 11 atom stereocenters. The molecule has 23 N–H and O–H groups in total. The SMILES string of the molecule is CCCC[C@H](NC(=O)CN(CCN(C)C)C(=O)[C@H](Cc1c[nH]cn1)NC(=O)[C@H](CCC(N)=O)NC(=O)[C@H](CO)NC(=O)CNC(=O)COCCOCCNC(=O)CCCCCCCCCCCCCCCc1nnn[nH]1)C(=O)N[C@H]1CCC(=O)NCCCC[C@@H](C(C)=O)NC(=O)[C@H](Cc2c[nH]c3ccccc23)NC(=O)[C@H](CCCNC(=N)N)NC(=O)[C@@H](Cc2ccccc2)NC(=O)[C@@H]2C[C@@H](O)CN2C1=O. The fraction of sp³-hybridized carbons (Fsp3) is 0.628. The molecule has 2 aliphatic rings. The predicted molar refractivity (Wildman–Crippen MR) is 514 cm³/mol. The highest BCUT2D eigenvalue weighted by Crippen LogP contribution is 2.25. The number of aliphatic hydroxyl groups excluding tert-OH is 2. The molecule has 140 heavy (non-hydrogen) atoms. The summed E-state index contributed by atoms with van der Waals surface area (Å²) in [6.07, 6.45) is 17.8. The van der Waals surface area contributed by atoms with E-state index in [1.165, 1.54) is 70.8 Å². The van der Waals surface area contributed by atoms with Gasteiger partial charge in [0, 0.05) is 114 Å². The molecule has 2 aliphatic heterocycles. The number of unbranched alkanes of at least 4 members (excludes halogenated alkanes) is 13. The summed E-state index contributed by atoms with van der Waals surface area (Å²) >= 11 is 0. The lowest BCUT2D eigenvalue weighted by Gasteiger charge is -2.31. The number of H-pyrrole nitrogens is 3. The minimum absolute atomic E-state index is 0.00602. The highest BCUT2D eigenvalue weighted by molar-refractivity contribution is 6.00. The van der Waals surface area contributed by atoms with Gasteiger partial charge in [-0.15, -0.1) is 5.10 Å². The van der Waals surface area contributed by atoms with Crippen molar-refractivity contribution in [2.24, 2.45) is 11.5 Å². The lowest BCUT2D eigenvalue weighted by molar-refractivity contribution is -0.143. The van der Waals surface area contributed by atoms with Crippen LogP contribution in [0.15, 0.2) is 73.3 Å². The van der Waals surface area contributed by atoms with Crippen LogP contribution in [0.5, 0.6) is 0 Å². The number of ether oxygens (including phenoxy) is 2. The molecule has 5 heterocycles. The van der Waals surface area contributed by atoms with Crippen molar-refractivity contribution in [2.45, 2.75) is 279 Å². The number of aryl methyl sites for hydroxylation is 1. The maximum atomic E-state index is 15.4.